The first-order valence-corrected chi connectivity index (χ1v) is 8.61. The molecule has 0 spiro atoms. The SMILES string of the molecule is Cc1cc(C(=O)N2CCC(NC(=O)c3cccc(Br)c3)CC2)no1. The third kappa shape index (κ3) is 3.84. The minimum Gasteiger partial charge on any atom is -0.361 e. The lowest BCUT2D eigenvalue weighted by atomic mass is 10.0. The van der Waals surface area contributed by atoms with Crippen molar-refractivity contribution in [2.24, 2.45) is 0 Å². The molecule has 1 aromatic heterocycles. The number of amides is 2. The highest BCUT2D eigenvalue weighted by atomic mass is 79.9. The predicted molar refractivity (Wildman–Crippen MR) is 91.8 cm³/mol. The van der Waals surface area contributed by atoms with Crippen LogP contribution in [0.1, 0.15) is 39.4 Å². The molecule has 1 N–H and O–H groups in total. The van der Waals surface area contributed by atoms with Crippen molar-refractivity contribution < 1.29 is 14.1 Å². The van der Waals surface area contributed by atoms with Crippen molar-refractivity contribution >= 4 is 27.7 Å². The summed E-state index contributed by atoms with van der Waals surface area (Å²) >= 11 is 3.37. The Morgan fingerprint density at radius 2 is 2.04 bits per heavy atom. The number of hydrogen-bond acceptors (Lipinski definition) is 4. The van der Waals surface area contributed by atoms with Crippen molar-refractivity contribution in [3.8, 4) is 0 Å². The smallest absolute Gasteiger partial charge is 0.276 e. The van der Waals surface area contributed by atoms with Gasteiger partial charge < -0.3 is 14.7 Å². The van der Waals surface area contributed by atoms with Gasteiger partial charge in [-0.1, -0.05) is 27.2 Å². The van der Waals surface area contributed by atoms with E-state index in [4.69, 9.17) is 4.52 Å². The number of halogens is 1. The lowest BCUT2D eigenvalue weighted by Gasteiger charge is -2.31. The molecule has 0 saturated carbocycles. The number of nitrogens with one attached hydrogen (secondary N) is 1. The van der Waals surface area contributed by atoms with Crippen LogP contribution < -0.4 is 5.32 Å². The standard InChI is InChI=1S/C17H18BrN3O3/c1-11-9-15(20-24-11)17(23)21-7-5-14(6-8-21)19-16(22)12-3-2-4-13(18)10-12/h2-4,9-10,14H,5-8H2,1H3,(H,19,22). The molecule has 1 saturated heterocycles. The molecule has 0 atom stereocenters. The Kier molecular flexibility index (Phi) is 4.99. The van der Waals surface area contributed by atoms with E-state index in [9.17, 15) is 9.59 Å². The molecule has 0 aliphatic carbocycles. The molecular weight excluding hydrogens is 374 g/mol. The van der Waals surface area contributed by atoms with E-state index in [1.54, 1.807) is 30.0 Å². The number of aryl methyl sites for hydroxylation is 1. The van der Waals surface area contributed by atoms with E-state index in [1.165, 1.54) is 0 Å². The molecule has 0 bridgehead atoms. The number of hydrogen-bond donors (Lipinski definition) is 1. The predicted octanol–water partition coefficient (Wildman–Crippen LogP) is 2.78. The molecule has 24 heavy (non-hydrogen) atoms. The highest BCUT2D eigenvalue weighted by Gasteiger charge is 2.26. The van der Waals surface area contributed by atoms with Gasteiger partial charge in [-0.25, -0.2) is 0 Å². The zero-order valence-corrected chi connectivity index (χ0v) is 14.9. The molecule has 0 radical (unpaired) electrons. The zero-order valence-electron chi connectivity index (χ0n) is 13.3. The maximum atomic E-state index is 12.3. The average Bonchev–Trinajstić information content (AvgIpc) is 3.01. The normalized spacial score (nSPS) is 15.3. The summed E-state index contributed by atoms with van der Waals surface area (Å²) in [7, 11) is 0. The summed E-state index contributed by atoms with van der Waals surface area (Å²) in [6.07, 6.45) is 1.45. The van der Waals surface area contributed by atoms with Gasteiger partial charge >= 0.3 is 0 Å². The quantitative estimate of drug-likeness (QED) is 0.872. The zero-order chi connectivity index (χ0) is 17.1. The molecule has 7 heteroatoms. The van der Waals surface area contributed by atoms with Crippen molar-refractivity contribution in [2.75, 3.05) is 13.1 Å². The van der Waals surface area contributed by atoms with Crippen LogP contribution in [0.5, 0.6) is 0 Å². The maximum absolute atomic E-state index is 12.3. The van der Waals surface area contributed by atoms with E-state index in [2.05, 4.69) is 26.4 Å². The largest absolute Gasteiger partial charge is 0.361 e. The first kappa shape index (κ1) is 16.7. The molecule has 3 rings (SSSR count). The van der Waals surface area contributed by atoms with E-state index in [-0.39, 0.29) is 17.9 Å². The molecule has 2 amide bonds. The minimum absolute atomic E-state index is 0.0691. The van der Waals surface area contributed by atoms with Gasteiger partial charge in [-0.05, 0) is 38.0 Å². The first-order valence-electron chi connectivity index (χ1n) is 7.82. The second kappa shape index (κ2) is 7.17. The van der Waals surface area contributed by atoms with Crippen LogP contribution in [-0.2, 0) is 0 Å². The highest BCUT2D eigenvalue weighted by Crippen LogP contribution is 2.16. The fraction of sp³-hybridized carbons (Fsp3) is 0.353. The number of carbonyl (C=O) groups excluding carboxylic acids is 2. The van der Waals surface area contributed by atoms with Gasteiger partial charge in [0.25, 0.3) is 11.8 Å². The fourth-order valence-electron chi connectivity index (χ4n) is 2.75. The van der Waals surface area contributed by atoms with Crippen molar-refractivity contribution in [1.29, 1.82) is 0 Å². The summed E-state index contributed by atoms with van der Waals surface area (Å²) in [5.74, 6) is 0.409. The Balaban J connectivity index is 1.53. The van der Waals surface area contributed by atoms with Gasteiger partial charge in [-0.15, -0.1) is 0 Å². The maximum Gasteiger partial charge on any atom is 0.276 e. The van der Waals surface area contributed by atoms with Gasteiger partial charge in [0.05, 0.1) is 0 Å². The lowest BCUT2D eigenvalue weighted by molar-refractivity contribution is 0.0688. The van der Waals surface area contributed by atoms with Gasteiger partial charge in [0.1, 0.15) is 5.76 Å². The Morgan fingerprint density at radius 1 is 1.29 bits per heavy atom. The van der Waals surface area contributed by atoms with E-state index in [0.717, 1.165) is 17.3 Å². The molecule has 1 aromatic carbocycles. The molecule has 126 valence electrons. The number of aromatic nitrogens is 1. The molecule has 2 heterocycles. The van der Waals surface area contributed by atoms with Crippen LogP contribution in [0.25, 0.3) is 0 Å². The van der Waals surface area contributed by atoms with Gasteiger partial charge in [0.2, 0.25) is 0 Å². The van der Waals surface area contributed by atoms with E-state index < -0.39 is 0 Å². The molecule has 2 aromatic rings. The summed E-state index contributed by atoms with van der Waals surface area (Å²) < 4.78 is 5.82. The number of carbonyl (C=O) groups is 2. The monoisotopic (exact) mass is 391 g/mol. The van der Waals surface area contributed by atoms with Crippen molar-refractivity contribution in [3.63, 3.8) is 0 Å². The Morgan fingerprint density at radius 3 is 2.67 bits per heavy atom. The second-order valence-corrected chi connectivity index (χ2v) is 6.79. The van der Waals surface area contributed by atoms with Crippen LogP contribution in [-0.4, -0.2) is 41.0 Å². The lowest BCUT2D eigenvalue weighted by Crippen LogP contribution is -2.46. The van der Waals surface area contributed by atoms with Crippen molar-refractivity contribution in [2.45, 2.75) is 25.8 Å². The number of likely N-dealkylation sites (tertiary alicyclic amines) is 1. The summed E-state index contributed by atoms with van der Waals surface area (Å²) in [6, 6.07) is 9.00. The minimum atomic E-state index is -0.122. The van der Waals surface area contributed by atoms with Crippen LogP contribution >= 0.6 is 15.9 Å². The van der Waals surface area contributed by atoms with Crippen LogP contribution in [0.15, 0.2) is 39.3 Å². The summed E-state index contributed by atoms with van der Waals surface area (Å²) in [4.78, 5) is 26.3. The number of benzene rings is 1. The molecular formula is C17H18BrN3O3. The first-order chi connectivity index (χ1) is 11.5. The van der Waals surface area contributed by atoms with Crippen LogP contribution in [0.3, 0.4) is 0 Å². The second-order valence-electron chi connectivity index (χ2n) is 5.87. The topological polar surface area (TPSA) is 75.4 Å². The highest BCUT2D eigenvalue weighted by molar-refractivity contribution is 9.10. The Bertz CT molecular complexity index is 751. The number of rotatable bonds is 3. The van der Waals surface area contributed by atoms with E-state index in [0.29, 0.717) is 30.1 Å². The summed E-state index contributed by atoms with van der Waals surface area (Å²) in [6.45, 7) is 2.94. The molecule has 1 aliphatic rings. The average molecular weight is 392 g/mol. The number of piperidine rings is 1. The van der Waals surface area contributed by atoms with Crippen molar-refractivity contribution in [1.82, 2.24) is 15.4 Å². The van der Waals surface area contributed by atoms with Crippen LogP contribution in [0, 0.1) is 6.92 Å². The van der Waals surface area contributed by atoms with Gasteiger partial charge in [-0.2, -0.15) is 0 Å². The van der Waals surface area contributed by atoms with Gasteiger partial charge in [-0.3, -0.25) is 9.59 Å². The van der Waals surface area contributed by atoms with Crippen LogP contribution in [0.2, 0.25) is 0 Å². The summed E-state index contributed by atoms with van der Waals surface area (Å²) in [5.41, 5.74) is 0.963. The fourth-order valence-corrected chi connectivity index (χ4v) is 3.15. The molecule has 0 unspecified atom stereocenters. The van der Waals surface area contributed by atoms with Gasteiger partial charge in [0, 0.05) is 35.2 Å². The van der Waals surface area contributed by atoms with Gasteiger partial charge in [0.15, 0.2) is 5.69 Å². The van der Waals surface area contributed by atoms with Crippen molar-refractivity contribution in [3.05, 3.63) is 51.8 Å². The van der Waals surface area contributed by atoms with E-state index >= 15 is 0 Å². The third-order valence-electron chi connectivity index (χ3n) is 4.05. The third-order valence-corrected chi connectivity index (χ3v) is 4.54. The van der Waals surface area contributed by atoms with Crippen LogP contribution in [0.4, 0.5) is 0 Å². The number of nitrogens with zero attached hydrogens (tertiary/aromatic N) is 2. The molecule has 6 nitrogen and oxygen atoms in total. The summed E-state index contributed by atoms with van der Waals surface area (Å²) in [5, 5.41) is 6.80. The Hall–Kier alpha value is -2.15. The Labute approximate surface area is 148 Å². The van der Waals surface area contributed by atoms with E-state index in [1.807, 2.05) is 12.1 Å². The molecule has 1 fully saturated rings. The molecule has 1 aliphatic heterocycles.